The van der Waals surface area contributed by atoms with Crippen LogP contribution in [0.15, 0.2) is 76.9 Å². The molecule has 0 aliphatic carbocycles. The number of aryl methyl sites for hydroxylation is 1. The van der Waals surface area contributed by atoms with Crippen LogP contribution < -0.4 is 5.32 Å². The van der Waals surface area contributed by atoms with E-state index < -0.39 is 0 Å². The van der Waals surface area contributed by atoms with E-state index in [1.54, 1.807) is 6.08 Å². The largest absolute Gasteiger partial charge is 0.301 e. The number of anilines is 1. The SMILES string of the molecule is C=CCn1c(SCC(=O)Nc2nc(-c3ccccc3)c(C)s2)nnc1-c1ccc(Br)cc1. The van der Waals surface area contributed by atoms with Gasteiger partial charge in [-0.2, -0.15) is 0 Å². The summed E-state index contributed by atoms with van der Waals surface area (Å²) >= 11 is 6.26. The molecule has 0 bridgehead atoms. The van der Waals surface area contributed by atoms with Crippen LogP contribution in [0.5, 0.6) is 0 Å². The van der Waals surface area contributed by atoms with Crippen molar-refractivity contribution in [2.75, 3.05) is 11.1 Å². The molecule has 162 valence electrons. The molecule has 0 atom stereocenters. The smallest absolute Gasteiger partial charge is 0.236 e. The number of hydrogen-bond acceptors (Lipinski definition) is 6. The highest BCUT2D eigenvalue weighted by atomic mass is 79.9. The average Bonchev–Trinajstić information content (AvgIpc) is 3.36. The van der Waals surface area contributed by atoms with Crippen molar-refractivity contribution >= 4 is 50.1 Å². The Hall–Kier alpha value is -2.75. The first-order valence-corrected chi connectivity index (χ1v) is 12.4. The molecule has 2 aromatic heterocycles. The number of rotatable bonds is 8. The molecule has 0 saturated heterocycles. The maximum absolute atomic E-state index is 12.6. The molecule has 0 saturated carbocycles. The maximum Gasteiger partial charge on any atom is 0.236 e. The van der Waals surface area contributed by atoms with Crippen molar-refractivity contribution in [3.05, 3.63) is 76.6 Å². The third kappa shape index (κ3) is 5.17. The molecule has 2 heterocycles. The van der Waals surface area contributed by atoms with E-state index in [2.05, 4.69) is 43.0 Å². The van der Waals surface area contributed by atoms with Crippen LogP contribution in [0.1, 0.15) is 4.88 Å². The molecule has 0 radical (unpaired) electrons. The highest BCUT2D eigenvalue weighted by Gasteiger charge is 2.16. The molecule has 1 N–H and O–H groups in total. The standard InChI is InChI=1S/C23H20BrN5OS2/c1-3-13-29-21(17-9-11-18(24)12-10-17)27-28-23(29)31-14-19(30)25-22-26-20(15(2)32-22)16-7-5-4-6-8-16/h3-12H,1,13-14H2,2H3,(H,25,26,30). The van der Waals surface area contributed by atoms with Crippen LogP contribution in [0.25, 0.3) is 22.6 Å². The van der Waals surface area contributed by atoms with Gasteiger partial charge in [-0.3, -0.25) is 9.36 Å². The van der Waals surface area contributed by atoms with E-state index in [9.17, 15) is 4.79 Å². The first-order valence-electron chi connectivity index (χ1n) is 9.80. The number of allylic oxidation sites excluding steroid dienone is 1. The minimum atomic E-state index is -0.137. The van der Waals surface area contributed by atoms with Gasteiger partial charge in [-0.1, -0.05) is 76.2 Å². The maximum atomic E-state index is 12.6. The Balaban J connectivity index is 1.44. The van der Waals surface area contributed by atoms with E-state index in [4.69, 9.17) is 0 Å². The van der Waals surface area contributed by atoms with Crippen molar-refractivity contribution < 1.29 is 4.79 Å². The van der Waals surface area contributed by atoms with Crippen molar-refractivity contribution in [2.45, 2.75) is 18.6 Å². The van der Waals surface area contributed by atoms with E-state index in [1.165, 1.54) is 23.1 Å². The Morgan fingerprint density at radius 3 is 2.62 bits per heavy atom. The topological polar surface area (TPSA) is 72.7 Å². The number of aromatic nitrogens is 4. The first kappa shape index (κ1) is 22.4. The fraction of sp³-hybridized carbons (Fsp3) is 0.130. The number of amides is 1. The lowest BCUT2D eigenvalue weighted by atomic mass is 10.1. The lowest BCUT2D eigenvalue weighted by molar-refractivity contribution is -0.113. The molecule has 0 aliphatic rings. The minimum absolute atomic E-state index is 0.137. The number of hydrogen-bond donors (Lipinski definition) is 1. The van der Waals surface area contributed by atoms with Crippen molar-refractivity contribution in [1.29, 1.82) is 0 Å². The Labute approximate surface area is 202 Å². The molecule has 1 amide bonds. The van der Waals surface area contributed by atoms with Gasteiger partial charge in [0.1, 0.15) is 0 Å². The second-order valence-electron chi connectivity index (χ2n) is 6.84. The number of nitrogens with one attached hydrogen (secondary N) is 1. The van der Waals surface area contributed by atoms with Crippen LogP contribution in [-0.4, -0.2) is 31.4 Å². The number of benzene rings is 2. The van der Waals surface area contributed by atoms with Gasteiger partial charge >= 0.3 is 0 Å². The van der Waals surface area contributed by atoms with Gasteiger partial charge in [0.2, 0.25) is 5.91 Å². The van der Waals surface area contributed by atoms with Gasteiger partial charge in [0, 0.05) is 27.0 Å². The third-order valence-corrected chi connectivity index (χ3v) is 6.94. The molecule has 0 unspecified atom stereocenters. The van der Waals surface area contributed by atoms with E-state index >= 15 is 0 Å². The number of thioether (sulfide) groups is 1. The van der Waals surface area contributed by atoms with Gasteiger partial charge in [-0.25, -0.2) is 4.98 Å². The average molecular weight is 526 g/mol. The molecule has 4 aromatic rings. The van der Waals surface area contributed by atoms with Gasteiger partial charge < -0.3 is 5.32 Å². The lowest BCUT2D eigenvalue weighted by Gasteiger charge is -2.08. The molecule has 4 rings (SSSR count). The summed E-state index contributed by atoms with van der Waals surface area (Å²) in [4.78, 5) is 18.2. The number of halogens is 1. The summed E-state index contributed by atoms with van der Waals surface area (Å²) in [5, 5.41) is 12.8. The summed E-state index contributed by atoms with van der Waals surface area (Å²) in [5.74, 6) is 0.805. The quantitative estimate of drug-likeness (QED) is 0.223. The monoisotopic (exact) mass is 525 g/mol. The van der Waals surface area contributed by atoms with Crippen molar-refractivity contribution in [2.24, 2.45) is 0 Å². The molecule has 6 nitrogen and oxygen atoms in total. The highest BCUT2D eigenvalue weighted by molar-refractivity contribution is 9.10. The zero-order valence-electron chi connectivity index (χ0n) is 17.3. The zero-order valence-corrected chi connectivity index (χ0v) is 20.5. The zero-order chi connectivity index (χ0) is 22.5. The lowest BCUT2D eigenvalue weighted by Crippen LogP contribution is -2.14. The van der Waals surface area contributed by atoms with Gasteiger partial charge in [0.15, 0.2) is 16.1 Å². The molecule has 0 fully saturated rings. The van der Waals surface area contributed by atoms with E-state index in [0.717, 1.165) is 32.0 Å². The number of nitrogens with zero attached hydrogens (tertiary/aromatic N) is 4. The van der Waals surface area contributed by atoms with E-state index in [-0.39, 0.29) is 11.7 Å². The molecular formula is C23H20BrN5OS2. The van der Waals surface area contributed by atoms with Gasteiger partial charge in [0.25, 0.3) is 0 Å². The van der Waals surface area contributed by atoms with Gasteiger partial charge in [0.05, 0.1) is 11.4 Å². The van der Waals surface area contributed by atoms with Crippen LogP contribution in [0.4, 0.5) is 5.13 Å². The first-order chi connectivity index (χ1) is 15.5. The van der Waals surface area contributed by atoms with Crippen LogP contribution >= 0.6 is 39.0 Å². The molecule has 9 heteroatoms. The van der Waals surface area contributed by atoms with E-state index in [1.807, 2.05) is 66.1 Å². The second-order valence-corrected chi connectivity index (χ2v) is 9.90. The van der Waals surface area contributed by atoms with Crippen molar-refractivity contribution in [3.8, 4) is 22.6 Å². The predicted molar refractivity (Wildman–Crippen MR) is 135 cm³/mol. The predicted octanol–water partition coefficient (Wildman–Crippen LogP) is 6.06. The van der Waals surface area contributed by atoms with Crippen LogP contribution in [0.2, 0.25) is 0 Å². The third-order valence-electron chi connectivity index (χ3n) is 4.55. The molecule has 0 aliphatic heterocycles. The summed E-state index contributed by atoms with van der Waals surface area (Å²) in [6.45, 7) is 6.39. The number of thiazole rings is 1. The van der Waals surface area contributed by atoms with Crippen LogP contribution in [0, 0.1) is 6.92 Å². The van der Waals surface area contributed by atoms with Crippen molar-refractivity contribution in [1.82, 2.24) is 19.7 Å². The minimum Gasteiger partial charge on any atom is -0.301 e. The molecule has 0 spiro atoms. The summed E-state index contributed by atoms with van der Waals surface area (Å²) in [5.41, 5.74) is 2.88. The molecule has 32 heavy (non-hydrogen) atoms. The fourth-order valence-corrected chi connectivity index (χ4v) is 4.96. The summed E-state index contributed by atoms with van der Waals surface area (Å²) < 4.78 is 2.95. The summed E-state index contributed by atoms with van der Waals surface area (Å²) in [6, 6.07) is 17.8. The van der Waals surface area contributed by atoms with Crippen LogP contribution in [0.3, 0.4) is 0 Å². The van der Waals surface area contributed by atoms with E-state index in [0.29, 0.717) is 16.8 Å². The Kier molecular flexibility index (Phi) is 7.19. The number of carbonyl (C=O) groups excluding carboxylic acids is 1. The number of carbonyl (C=O) groups is 1. The van der Waals surface area contributed by atoms with Gasteiger partial charge in [-0.15, -0.1) is 28.1 Å². The van der Waals surface area contributed by atoms with Gasteiger partial charge in [-0.05, 0) is 19.1 Å². The van der Waals surface area contributed by atoms with Crippen molar-refractivity contribution in [3.63, 3.8) is 0 Å². The molecule has 2 aromatic carbocycles. The Morgan fingerprint density at radius 1 is 1.16 bits per heavy atom. The highest BCUT2D eigenvalue weighted by Crippen LogP contribution is 2.30. The Bertz CT molecular complexity index is 1240. The summed E-state index contributed by atoms with van der Waals surface area (Å²) in [6.07, 6.45) is 1.79. The molecular weight excluding hydrogens is 506 g/mol. The second kappa shape index (κ2) is 10.2. The Morgan fingerprint density at radius 2 is 1.91 bits per heavy atom. The fourth-order valence-electron chi connectivity index (χ4n) is 3.10. The normalized spacial score (nSPS) is 10.8. The van der Waals surface area contributed by atoms with Crippen LogP contribution in [-0.2, 0) is 11.3 Å². The summed E-state index contributed by atoms with van der Waals surface area (Å²) in [7, 11) is 0.